The Kier molecular flexibility index (Phi) is 6.91. The van der Waals surface area contributed by atoms with Crippen molar-refractivity contribution in [1.29, 1.82) is 0 Å². The molecular weight excluding hydrogens is 467 g/mol. The van der Waals surface area contributed by atoms with Crippen LogP contribution in [0.25, 0.3) is 0 Å². The largest absolute Gasteiger partial charge is 0.507 e. The van der Waals surface area contributed by atoms with Gasteiger partial charge in [0.1, 0.15) is 11.4 Å². The third-order valence-electron chi connectivity index (χ3n) is 5.61. The van der Waals surface area contributed by atoms with E-state index < -0.39 is 29.7 Å². The number of aliphatic imine (C=N–C) groups is 1. The Labute approximate surface area is 198 Å². The number of amidine groups is 1. The molecule has 2 aromatic rings. The number of esters is 1. The van der Waals surface area contributed by atoms with E-state index in [1.54, 1.807) is 35.5 Å². The molecule has 0 amide bonds. The van der Waals surface area contributed by atoms with E-state index in [0.717, 1.165) is 0 Å². The Morgan fingerprint density at radius 1 is 1.38 bits per heavy atom. The second-order valence-corrected chi connectivity index (χ2v) is 8.63. The predicted octanol–water partition coefficient (Wildman–Crippen LogP) is 2.33. The Balaban J connectivity index is 1.83. The van der Waals surface area contributed by atoms with Crippen molar-refractivity contribution >= 4 is 29.3 Å². The van der Waals surface area contributed by atoms with Crippen molar-refractivity contribution in [2.45, 2.75) is 18.7 Å². The normalized spacial score (nSPS) is 23.1. The van der Waals surface area contributed by atoms with E-state index in [4.69, 9.17) is 24.3 Å². The molecule has 1 saturated heterocycles. The van der Waals surface area contributed by atoms with Crippen molar-refractivity contribution in [3.8, 4) is 0 Å². The van der Waals surface area contributed by atoms with Crippen LogP contribution in [0.3, 0.4) is 0 Å². The molecule has 12 heteroatoms. The number of carboxylic acid groups (broad SMARTS) is 1. The Morgan fingerprint density at radius 2 is 2.15 bits per heavy atom. The zero-order chi connectivity index (χ0) is 24.3. The first-order chi connectivity index (χ1) is 16.3. The SMILES string of the molecule is COC(=O)C1=C(CN2CCOC[C@@H]2OC(=O)O)NC(c2nccs2)=NC1(C)c1ccc(F)cc1. The van der Waals surface area contributed by atoms with E-state index in [1.807, 2.05) is 0 Å². The van der Waals surface area contributed by atoms with E-state index in [1.165, 1.54) is 30.6 Å². The summed E-state index contributed by atoms with van der Waals surface area (Å²) in [6.07, 6.45) is -0.656. The lowest BCUT2D eigenvalue weighted by Gasteiger charge is -2.39. The summed E-state index contributed by atoms with van der Waals surface area (Å²) in [5.41, 5.74) is -0.0115. The molecule has 1 unspecified atom stereocenters. The first kappa shape index (κ1) is 23.8. The molecule has 0 spiro atoms. The molecule has 10 nitrogen and oxygen atoms in total. The van der Waals surface area contributed by atoms with Gasteiger partial charge in [0.25, 0.3) is 0 Å². The van der Waals surface area contributed by atoms with Gasteiger partial charge in [0, 0.05) is 30.4 Å². The third kappa shape index (κ3) is 4.79. The van der Waals surface area contributed by atoms with Gasteiger partial charge in [-0.3, -0.25) is 4.90 Å². The number of ether oxygens (including phenoxy) is 3. The minimum Gasteiger partial charge on any atom is -0.466 e. The van der Waals surface area contributed by atoms with Gasteiger partial charge >= 0.3 is 12.1 Å². The van der Waals surface area contributed by atoms with Gasteiger partial charge in [-0.05, 0) is 24.6 Å². The highest BCUT2D eigenvalue weighted by atomic mass is 32.1. The van der Waals surface area contributed by atoms with E-state index >= 15 is 0 Å². The van der Waals surface area contributed by atoms with E-state index in [2.05, 4.69) is 10.3 Å². The number of hydrogen-bond acceptors (Lipinski definition) is 10. The van der Waals surface area contributed by atoms with E-state index in [-0.39, 0.29) is 18.7 Å². The summed E-state index contributed by atoms with van der Waals surface area (Å²) in [5.74, 6) is -0.620. The molecule has 2 atom stereocenters. The molecule has 0 aliphatic carbocycles. The molecule has 2 N–H and O–H groups in total. The molecule has 1 aromatic carbocycles. The molecule has 1 fully saturated rings. The standard InChI is InChI=1S/C22H23FN4O6S/c1-22(13-3-5-14(23)6-4-13)17(20(28)31-2)15(25-18(26-22)19-24-7-10-34-19)11-27-8-9-32-12-16(27)33-21(29)30/h3-7,10,16H,8-9,11-12H2,1-2H3,(H,25,26)(H,29,30)/t16-,22?/m0/s1. The van der Waals surface area contributed by atoms with Gasteiger partial charge in [0.05, 0.1) is 25.9 Å². The van der Waals surface area contributed by atoms with Crippen LogP contribution in [0.5, 0.6) is 0 Å². The summed E-state index contributed by atoms with van der Waals surface area (Å²) in [4.78, 5) is 35.2. The molecule has 0 radical (unpaired) electrons. The quantitative estimate of drug-likeness (QED) is 0.588. The highest BCUT2D eigenvalue weighted by molar-refractivity contribution is 7.11. The van der Waals surface area contributed by atoms with Crippen molar-refractivity contribution in [2.24, 2.45) is 4.99 Å². The Hall–Kier alpha value is -3.35. The van der Waals surface area contributed by atoms with Crippen LogP contribution in [0, 0.1) is 5.82 Å². The second-order valence-electron chi connectivity index (χ2n) is 7.73. The number of thiazole rings is 1. The van der Waals surface area contributed by atoms with Crippen LogP contribution in [0.15, 0.2) is 52.1 Å². The minimum atomic E-state index is -1.43. The minimum absolute atomic E-state index is 0.0514. The highest BCUT2D eigenvalue weighted by Gasteiger charge is 2.43. The summed E-state index contributed by atoms with van der Waals surface area (Å²) in [5, 5.41) is 14.7. The van der Waals surface area contributed by atoms with Gasteiger partial charge < -0.3 is 24.6 Å². The maximum atomic E-state index is 13.7. The monoisotopic (exact) mass is 490 g/mol. The van der Waals surface area contributed by atoms with Gasteiger partial charge in [0.2, 0.25) is 0 Å². The fourth-order valence-corrected chi connectivity index (χ4v) is 4.58. The van der Waals surface area contributed by atoms with E-state index in [9.17, 15) is 14.0 Å². The zero-order valence-electron chi connectivity index (χ0n) is 18.5. The summed E-state index contributed by atoms with van der Waals surface area (Å²) < 4.78 is 29.2. The Morgan fingerprint density at radius 3 is 2.79 bits per heavy atom. The van der Waals surface area contributed by atoms with Crippen molar-refractivity contribution in [3.05, 3.63) is 63.5 Å². The van der Waals surface area contributed by atoms with Crippen molar-refractivity contribution in [3.63, 3.8) is 0 Å². The topological polar surface area (TPSA) is 123 Å². The lowest BCUT2D eigenvalue weighted by Crippen LogP contribution is -2.51. The number of carbonyl (C=O) groups excluding carboxylic acids is 1. The molecule has 3 heterocycles. The zero-order valence-corrected chi connectivity index (χ0v) is 19.3. The second kappa shape index (κ2) is 9.87. The maximum Gasteiger partial charge on any atom is 0.507 e. The average molecular weight is 491 g/mol. The fraction of sp³-hybridized carbons (Fsp3) is 0.364. The predicted molar refractivity (Wildman–Crippen MR) is 120 cm³/mol. The van der Waals surface area contributed by atoms with Gasteiger partial charge in [-0.2, -0.15) is 0 Å². The molecule has 0 bridgehead atoms. The van der Waals surface area contributed by atoms with Crippen LogP contribution in [-0.2, 0) is 24.5 Å². The number of morpholine rings is 1. The Bertz CT molecular complexity index is 1120. The molecule has 2 aliphatic rings. The first-order valence-electron chi connectivity index (χ1n) is 10.4. The number of nitrogens with zero attached hydrogens (tertiary/aromatic N) is 3. The number of benzene rings is 1. The van der Waals surface area contributed by atoms with Crippen molar-refractivity contribution in [1.82, 2.24) is 15.2 Å². The van der Waals surface area contributed by atoms with E-state index in [0.29, 0.717) is 35.3 Å². The maximum absolute atomic E-state index is 13.7. The van der Waals surface area contributed by atoms with Crippen LogP contribution in [0.2, 0.25) is 0 Å². The number of carbonyl (C=O) groups is 2. The number of nitrogens with one attached hydrogen (secondary N) is 1. The molecular formula is C22H23FN4O6S. The summed E-state index contributed by atoms with van der Waals surface area (Å²) in [7, 11) is 1.27. The average Bonchev–Trinajstić information content (AvgIpc) is 3.35. The molecule has 4 rings (SSSR count). The molecule has 180 valence electrons. The summed E-state index contributed by atoms with van der Waals surface area (Å²) in [6.45, 7) is 2.64. The van der Waals surface area contributed by atoms with Crippen molar-refractivity contribution < 1.29 is 33.3 Å². The smallest absolute Gasteiger partial charge is 0.466 e. The molecule has 2 aliphatic heterocycles. The summed E-state index contributed by atoms with van der Waals surface area (Å²) in [6, 6.07) is 5.73. The number of hydrogen-bond donors (Lipinski definition) is 2. The number of methoxy groups -OCH3 is 1. The van der Waals surface area contributed by atoms with Gasteiger partial charge in [0.15, 0.2) is 17.1 Å². The van der Waals surface area contributed by atoms with Gasteiger partial charge in [-0.1, -0.05) is 12.1 Å². The first-order valence-corrected chi connectivity index (χ1v) is 11.3. The van der Waals surface area contributed by atoms with Crippen molar-refractivity contribution in [2.75, 3.05) is 33.4 Å². The summed E-state index contributed by atoms with van der Waals surface area (Å²) >= 11 is 1.36. The van der Waals surface area contributed by atoms with Crippen LogP contribution in [0.1, 0.15) is 17.5 Å². The highest BCUT2D eigenvalue weighted by Crippen LogP contribution is 2.39. The van der Waals surface area contributed by atoms with Gasteiger partial charge in [-0.25, -0.2) is 24.0 Å². The van der Waals surface area contributed by atoms with Gasteiger partial charge in [-0.15, -0.1) is 11.3 Å². The molecule has 0 saturated carbocycles. The lowest BCUT2D eigenvalue weighted by atomic mass is 9.82. The van der Waals surface area contributed by atoms with Crippen LogP contribution in [-0.4, -0.2) is 72.6 Å². The molecule has 1 aromatic heterocycles. The van der Waals surface area contributed by atoms with Crippen LogP contribution < -0.4 is 5.32 Å². The van der Waals surface area contributed by atoms with Crippen LogP contribution >= 0.6 is 11.3 Å². The molecule has 34 heavy (non-hydrogen) atoms. The third-order valence-corrected chi connectivity index (χ3v) is 6.39. The lowest BCUT2D eigenvalue weighted by molar-refractivity contribution is -0.137. The number of halogens is 1. The van der Waals surface area contributed by atoms with Crippen LogP contribution in [0.4, 0.5) is 9.18 Å². The number of rotatable bonds is 6. The fourth-order valence-electron chi connectivity index (χ4n) is 4.00. The number of aromatic nitrogens is 1.